The second kappa shape index (κ2) is 8.28. The van der Waals surface area contributed by atoms with Crippen LogP contribution in [0, 0.1) is 5.41 Å². The standard InChI is InChI=1S/C14H32O2Si/c1-7-8-12-17(15-5,16-6)13-10-9-11-14(2,3)4/h7-13H2,1-6H3. The van der Waals surface area contributed by atoms with Gasteiger partial charge in [-0.1, -0.05) is 53.4 Å². The molecule has 3 heteroatoms. The maximum Gasteiger partial charge on any atom is 0.337 e. The van der Waals surface area contributed by atoms with Crippen LogP contribution in [0.4, 0.5) is 0 Å². The Morgan fingerprint density at radius 1 is 0.882 bits per heavy atom. The zero-order valence-corrected chi connectivity index (χ0v) is 13.8. The molecule has 0 aliphatic carbocycles. The molecule has 0 aromatic carbocycles. The minimum atomic E-state index is -1.86. The summed E-state index contributed by atoms with van der Waals surface area (Å²) < 4.78 is 11.5. The van der Waals surface area contributed by atoms with Gasteiger partial charge in [-0.25, -0.2) is 0 Å². The van der Waals surface area contributed by atoms with Crippen LogP contribution >= 0.6 is 0 Å². The molecule has 0 N–H and O–H groups in total. The number of unbranched alkanes of at least 4 members (excludes halogenated alkanes) is 2. The van der Waals surface area contributed by atoms with Crippen LogP contribution in [-0.2, 0) is 8.85 Å². The maximum atomic E-state index is 5.74. The summed E-state index contributed by atoms with van der Waals surface area (Å²) in [5, 5.41) is 0. The topological polar surface area (TPSA) is 18.5 Å². The zero-order chi connectivity index (χ0) is 13.4. The molecule has 104 valence electrons. The van der Waals surface area contributed by atoms with Crippen molar-refractivity contribution in [1.82, 2.24) is 0 Å². The summed E-state index contributed by atoms with van der Waals surface area (Å²) in [6.45, 7) is 9.15. The van der Waals surface area contributed by atoms with Crippen molar-refractivity contribution in [2.24, 2.45) is 5.41 Å². The Labute approximate surface area is 109 Å². The Kier molecular flexibility index (Phi) is 8.34. The Hall–Kier alpha value is 0.137. The molecule has 2 nitrogen and oxygen atoms in total. The van der Waals surface area contributed by atoms with Crippen molar-refractivity contribution in [3.63, 3.8) is 0 Å². The molecule has 0 atom stereocenters. The highest BCUT2D eigenvalue weighted by atomic mass is 28.4. The fourth-order valence-electron chi connectivity index (χ4n) is 2.11. The van der Waals surface area contributed by atoms with Crippen LogP contribution in [0.2, 0.25) is 12.1 Å². The van der Waals surface area contributed by atoms with Gasteiger partial charge in [-0.3, -0.25) is 0 Å². The first-order valence-electron chi connectivity index (χ1n) is 6.99. The summed E-state index contributed by atoms with van der Waals surface area (Å²) in [7, 11) is 1.80. The third kappa shape index (κ3) is 7.95. The van der Waals surface area contributed by atoms with Crippen LogP contribution in [0.15, 0.2) is 0 Å². The summed E-state index contributed by atoms with van der Waals surface area (Å²) >= 11 is 0. The van der Waals surface area contributed by atoms with Gasteiger partial charge in [0.2, 0.25) is 0 Å². The number of hydrogen-bond donors (Lipinski definition) is 0. The van der Waals surface area contributed by atoms with Gasteiger partial charge in [-0.15, -0.1) is 0 Å². The molecular weight excluding hydrogens is 228 g/mol. The first-order valence-corrected chi connectivity index (χ1v) is 9.22. The predicted molar refractivity (Wildman–Crippen MR) is 77.6 cm³/mol. The monoisotopic (exact) mass is 260 g/mol. The molecule has 0 aliphatic rings. The first kappa shape index (κ1) is 17.1. The molecule has 0 aromatic heterocycles. The first-order chi connectivity index (χ1) is 7.89. The molecular formula is C14H32O2Si. The molecule has 0 saturated heterocycles. The van der Waals surface area contributed by atoms with E-state index in [9.17, 15) is 0 Å². The summed E-state index contributed by atoms with van der Waals surface area (Å²) in [4.78, 5) is 0. The zero-order valence-electron chi connectivity index (χ0n) is 12.8. The molecule has 0 fully saturated rings. The Bertz CT molecular complexity index is 183. The van der Waals surface area contributed by atoms with Crippen molar-refractivity contribution in [3.05, 3.63) is 0 Å². The van der Waals surface area contributed by atoms with Gasteiger partial charge in [-0.2, -0.15) is 0 Å². The third-order valence-corrected chi connectivity index (χ3v) is 7.11. The molecule has 17 heavy (non-hydrogen) atoms. The van der Waals surface area contributed by atoms with Crippen LogP contribution in [0.5, 0.6) is 0 Å². The van der Waals surface area contributed by atoms with Crippen LogP contribution in [0.25, 0.3) is 0 Å². The smallest absolute Gasteiger partial charge is 0.337 e. The number of hydrogen-bond acceptors (Lipinski definition) is 2. The minimum Gasteiger partial charge on any atom is -0.398 e. The third-order valence-electron chi connectivity index (χ3n) is 3.39. The normalized spacial score (nSPS) is 13.1. The van der Waals surface area contributed by atoms with E-state index in [1.54, 1.807) is 0 Å². The van der Waals surface area contributed by atoms with Crippen molar-refractivity contribution < 1.29 is 8.85 Å². The molecule has 0 aromatic rings. The Balaban J connectivity index is 3.99. The lowest BCUT2D eigenvalue weighted by molar-refractivity contribution is 0.237. The van der Waals surface area contributed by atoms with Crippen molar-refractivity contribution >= 4 is 8.56 Å². The van der Waals surface area contributed by atoms with E-state index >= 15 is 0 Å². The van der Waals surface area contributed by atoms with Gasteiger partial charge in [-0.05, 0) is 23.9 Å². The van der Waals surface area contributed by atoms with Gasteiger partial charge < -0.3 is 8.85 Å². The van der Waals surface area contributed by atoms with E-state index in [0.29, 0.717) is 5.41 Å². The molecule has 0 rings (SSSR count). The van der Waals surface area contributed by atoms with Crippen LogP contribution < -0.4 is 0 Å². The van der Waals surface area contributed by atoms with Crippen molar-refractivity contribution in [1.29, 1.82) is 0 Å². The van der Waals surface area contributed by atoms with Gasteiger partial charge in [0.05, 0.1) is 0 Å². The van der Waals surface area contributed by atoms with E-state index in [0.717, 1.165) is 12.1 Å². The van der Waals surface area contributed by atoms with E-state index < -0.39 is 8.56 Å². The Morgan fingerprint density at radius 3 is 1.82 bits per heavy atom. The average Bonchev–Trinajstić information content (AvgIpc) is 2.28. The molecule has 0 heterocycles. The van der Waals surface area contributed by atoms with Crippen LogP contribution in [-0.4, -0.2) is 22.8 Å². The maximum absolute atomic E-state index is 5.74. The molecule has 0 saturated carbocycles. The lowest BCUT2D eigenvalue weighted by atomic mass is 9.90. The molecule has 0 amide bonds. The lowest BCUT2D eigenvalue weighted by Gasteiger charge is -2.28. The second-order valence-electron chi connectivity index (χ2n) is 6.19. The second-order valence-corrected chi connectivity index (χ2v) is 9.83. The molecule has 0 spiro atoms. The lowest BCUT2D eigenvalue weighted by Crippen LogP contribution is -2.39. The van der Waals surface area contributed by atoms with Gasteiger partial charge in [0.25, 0.3) is 0 Å². The van der Waals surface area contributed by atoms with Gasteiger partial charge in [0, 0.05) is 14.2 Å². The number of rotatable bonds is 9. The van der Waals surface area contributed by atoms with Crippen molar-refractivity contribution in [2.45, 2.75) is 71.9 Å². The quantitative estimate of drug-likeness (QED) is 0.440. The van der Waals surface area contributed by atoms with Crippen LogP contribution in [0.3, 0.4) is 0 Å². The SMILES string of the molecule is CCCC[Si](CCCCC(C)(C)C)(OC)OC. The summed E-state index contributed by atoms with van der Waals surface area (Å²) in [5.74, 6) is 0. The van der Waals surface area contributed by atoms with Crippen molar-refractivity contribution in [3.8, 4) is 0 Å². The fraction of sp³-hybridized carbons (Fsp3) is 1.00. The van der Waals surface area contributed by atoms with Gasteiger partial charge >= 0.3 is 8.56 Å². The summed E-state index contributed by atoms with van der Waals surface area (Å²) in [6.07, 6.45) is 6.28. The van der Waals surface area contributed by atoms with Crippen molar-refractivity contribution in [2.75, 3.05) is 14.2 Å². The largest absolute Gasteiger partial charge is 0.398 e. The Morgan fingerprint density at radius 2 is 1.41 bits per heavy atom. The summed E-state index contributed by atoms with van der Waals surface area (Å²) in [5.41, 5.74) is 0.452. The molecule has 0 bridgehead atoms. The minimum absolute atomic E-state index is 0.452. The fourth-order valence-corrected chi connectivity index (χ4v) is 5.03. The summed E-state index contributed by atoms with van der Waals surface area (Å²) in [6, 6.07) is 2.29. The molecule has 0 unspecified atom stereocenters. The van der Waals surface area contributed by atoms with E-state index in [1.165, 1.54) is 32.1 Å². The van der Waals surface area contributed by atoms with E-state index in [1.807, 2.05) is 14.2 Å². The highest BCUT2D eigenvalue weighted by Crippen LogP contribution is 2.27. The molecule has 0 radical (unpaired) electrons. The van der Waals surface area contributed by atoms with Gasteiger partial charge in [0.1, 0.15) is 0 Å². The average molecular weight is 260 g/mol. The molecule has 0 aliphatic heterocycles. The van der Waals surface area contributed by atoms with E-state index in [2.05, 4.69) is 27.7 Å². The predicted octanol–water partition coefficient (Wildman–Crippen LogP) is 4.74. The highest BCUT2D eigenvalue weighted by molar-refractivity contribution is 6.67. The van der Waals surface area contributed by atoms with Crippen LogP contribution in [0.1, 0.15) is 59.8 Å². The van der Waals surface area contributed by atoms with E-state index in [4.69, 9.17) is 8.85 Å². The highest BCUT2D eigenvalue weighted by Gasteiger charge is 2.33. The van der Waals surface area contributed by atoms with Gasteiger partial charge in [0.15, 0.2) is 0 Å². The van der Waals surface area contributed by atoms with E-state index in [-0.39, 0.29) is 0 Å².